The smallest absolute Gasteiger partial charge is 0.165 e. The Bertz CT molecular complexity index is 985. The second-order valence-corrected chi connectivity index (χ2v) is 7.96. The van der Waals surface area contributed by atoms with Crippen LogP contribution >= 0.6 is 0 Å². The predicted molar refractivity (Wildman–Crippen MR) is 122 cm³/mol. The van der Waals surface area contributed by atoms with Gasteiger partial charge in [-0.2, -0.15) is 0 Å². The van der Waals surface area contributed by atoms with Crippen LogP contribution in [0.2, 0.25) is 0 Å². The SMILES string of the molecule is C#CC(C)(CCCc1ccc(F)c(Oc2ccccc2)c1)c1ccc(CCC)cc1. The molecule has 1 nitrogen and oxygen atoms in total. The number of para-hydroxylation sites is 1. The third-order valence-electron chi connectivity index (χ3n) is 5.56. The predicted octanol–water partition coefficient (Wildman–Crippen LogP) is 7.48. The number of hydrogen-bond donors (Lipinski definition) is 0. The van der Waals surface area contributed by atoms with Gasteiger partial charge in [0.2, 0.25) is 0 Å². The first-order chi connectivity index (χ1) is 14.5. The standard InChI is InChI=1S/C28H29FO/c1-4-10-22-14-17-24(18-15-22)28(3,5-2)20-9-11-23-16-19-26(29)27(21-23)30-25-12-7-6-8-13-25/h2,6-8,12-19,21H,4,9-11,20H2,1,3H3. The van der Waals surface area contributed by atoms with Crippen LogP contribution in [0.15, 0.2) is 72.8 Å². The monoisotopic (exact) mass is 400 g/mol. The molecule has 154 valence electrons. The molecule has 0 fully saturated rings. The molecule has 0 spiro atoms. The maximum Gasteiger partial charge on any atom is 0.165 e. The van der Waals surface area contributed by atoms with Crippen LogP contribution < -0.4 is 4.74 Å². The van der Waals surface area contributed by atoms with Gasteiger partial charge in [0, 0.05) is 0 Å². The van der Waals surface area contributed by atoms with E-state index in [1.54, 1.807) is 6.07 Å². The quantitative estimate of drug-likeness (QED) is 0.338. The summed E-state index contributed by atoms with van der Waals surface area (Å²) in [4.78, 5) is 0. The summed E-state index contributed by atoms with van der Waals surface area (Å²) < 4.78 is 19.9. The van der Waals surface area contributed by atoms with E-state index in [1.165, 1.54) is 17.2 Å². The van der Waals surface area contributed by atoms with E-state index >= 15 is 0 Å². The molecule has 0 aromatic heterocycles. The van der Waals surface area contributed by atoms with Crippen LogP contribution in [0, 0.1) is 18.2 Å². The lowest BCUT2D eigenvalue weighted by molar-refractivity contribution is 0.441. The van der Waals surface area contributed by atoms with E-state index in [0.717, 1.165) is 37.7 Å². The van der Waals surface area contributed by atoms with Crippen molar-refractivity contribution in [1.29, 1.82) is 0 Å². The van der Waals surface area contributed by atoms with E-state index in [2.05, 4.69) is 44.0 Å². The minimum Gasteiger partial charge on any atom is -0.454 e. The van der Waals surface area contributed by atoms with Gasteiger partial charge in [-0.1, -0.05) is 67.8 Å². The van der Waals surface area contributed by atoms with Gasteiger partial charge in [-0.15, -0.1) is 6.42 Å². The van der Waals surface area contributed by atoms with E-state index in [1.807, 2.05) is 36.4 Å². The van der Waals surface area contributed by atoms with E-state index in [0.29, 0.717) is 5.75 Å². The van der Waals surface area contributed by atoms with Gasteiger partial charge in [0.05, 0.1) is 5.41 Å². The number of aryl methyl sites for hydroxylation is 2. The van der Waals surface area contributed by atoms with Crippen molar-refractivity contribution in [2.24, 2.45) is 0 Å². The maximum absolute atomic E-state index is 14.2. The first kappa shape index (κ1) is 21.7. The van der Waals surface area contributed by atoms with Gasteiger partial charge in [0.1, 0.15) is 5.75 Å². The molecule has 0 heterocycles. The molecule has 3 aromatic rings. The molecule has 0 saturated carbocycles. The highest BCUT2D eigenvalue weighted by Crippen LogP contribution is 2.31. The molecule has 0 aliphatic carbocycles. The highest BCUT2D eigenvalue weighted by Gasteiger charge is 2.23. The molecule has 2 heteroatoms. The van der Waals surface area contributed by atoms with Crippen molar-refractivity contribution in [2.45, 2.75) is 51.4 Å². The summed E-state index contributed by atoms with van der Waals surface area (Å²) in [6.07, 6.45) is 10.7. The highest BCUT2D eigenvalue weighted by atomic mass is 19.1. The summed E-state index contributed by atoms with van der Waals surface area (Å²) >= 11 is 0. The third kappa shape index (κ3) is 5.51. The Morgan fingerprint density at radius 3 is 2.30 bits per heavy atom. The van der Waals surface area contributed by atoms with E-state index in [-0.39, 0.29) is 17.0 Å². The maximum atomic E-state index is 14.2. The average Bonchev–Trinajstić information content (AvgIpc) is 2.77. The van der Waals surface area contributed by atoms with E-state index in [9.17, 15) is 4.39 Å². The molecular weight excluding hydrogens is 371 g/mol. The minimum absolute atomic E-state index is 0.255. The van der Waals surface area contributed by atoms with Crippen molar-refractivity contribution < 1.29 is 9.13 Å². The lowest BCUT2D eigenvalue weighted by Crippen LogP contribution is -2.19. The van der Waals surface area contributed by atoms with Gasteiger partial charge >= 0.3 is 0 Å². The molecule has 0 N–H and O–H groups in total. The van der Waals surface area contributed by atoms with Crippen molar-refractivity contribution in [2.75, 3.05) is 0 Å². The number of hydrogen-bond acceptors (Lipinski definition) is 1. The van der Waals surface area contributed by atoms with Gasteiger partial charge in [-0.05, 0) is 73.6 Å². The Hall–Kier alpha value is -3.05. The molecule has 0 amide bonds. The van der Waals surface area contributed by atoms with Crippen LogP contribution in [-0.4, -0.2) is 0 Å². The van der Waals surface area contributed by atoms with Crippen LogP contribution in [0.1, 0.15) is 49.8 Å². The molecule has 0 saturated heterocycles. The van der Waals surface area contributed by atoms with Crippen molar-refractivity contribution in [3.8, 4) is 23.8 Å². The van der Waals surface area contributed by atoms with Crippen molar-refractivity contribution in [3.05, 3.63) is 95.3 Å². The van der Waals surface area contributed by atoms with Gasteiger partial charge < -0.3 is 4.74 Å². The molecule has 3 aromatic carbocycles. The van der Waals surface area contributed by atoms with Crippen LogP contribution in [0.5, 0.6) is 11.5 Å². The molecule has 0 radical (unpaired) electrons. The number of rotatable bonds is 9. The molecule has 1 unspecified atom stereocenters. The fourth-order valence-corrected chi connectivity index (χ4v) is 3.67. The zero-order chi connectivity index (χ0) is 21.4. The summed E-state index contributed by atoms with van der Waals surface area (Å²) in [7, 11) is 0. The third-order valence-corrected chi connectivity index (χ3v) is 5.56. The molecule has 1 atom stereocenters. The van der Waals surface area contributed by atoms with Crippen molar-refractivity contribution in [3.63, 3.8) is 0 Å². The number of benzene rings is 3. The average molecular weight is 401 g/mol. The first-order valence-corrected chi connectivity index (χ1v) is 10.6. The van der Waals surface area contributed by atoms with E-state index < -0.39 is 0 Å². The zero-order valence-corrected chi connectivity index (χ0v) is 17.8. The van der Waals surface area contributed by atoms with Gasteiger partial charge in [0.25, 0.3) is 0 Å². The van der Waals surface area contributed by atoms with Crippen molar-refractivity contribution in [1.82, 2.24) is 0 Å². The van der Waals surface area contributed by atoms with Crippen LogP contribution in [0.25, 0.3) is 0 Å². The highest BCUT2D eigenvalue weighted by molar-refractivity contribution is 5.37. The second kappa shape index (κ2) is 10.1. The van der Waals surface area contributed by atoms with E-state index in [4.69, 9.17) is 11.2 Å². The fraction of sp³-hybridized carbons (Fsp3) is 0.286. The lowest BCUT2D eigenvalue weighted by Gasteiger charge is -2.24. The summed E-state index contributed by atoms with van der Waals surface area (Å²) in [5, 5.41) is 0. The molecular formula is C28H29FO. The largest absolute Gasteiger partial charge is 0.454 e. The number of halogens is 1. The lowest BCUT2D eigenvalue weighted by atomic mass is 9.78. The second-order valence-electron chi connectivity index (χ2n) is 7.96. The summed E-state index contributed by atoms with van der Waals surface area (Å²) in [6, 6.07) is 23.0. The number of terminal acetylenes is 1. The van der Waals surface area contributed by atoms with Gasteiger partial charge in [-0.25, -0.2) is 4.39 Å². The zero-order valence-electron chi connectivity index (χ0n) is 17.8. The summed E-state index contributed by atoms with van der Waals surface area (Å²) in [5.74, 6) is 3.52. The topological polar surface area (TPSA) is 9.23 Å². The van der Waals surface area contributed by atoms with Crippen molar-refractivity contribution >= 4 is 0 Å². The summed E-state index contributed by atoms with van der Waals surface area (Å²) in [6.45, 7) is 4.31. The Morgan fingerprint density at radius 2 is 1.63 bits per heavy atom. The fourth-order valence-electron chi connectivity index (χ4n) is 3.67. The Kier molecular flexibility index (Phi) is 7.31. The molecule has 30 heavy (non-hydrogen) atoms. The molecule has 3 rings (SSSR count). The number of ether oxygens (including phenoxy) is 1. The van der Waals surface area contributed by atoms with Gasteiger partial charge in [-0.3, -0.25) is 0 Å². The van der Waals surface area contributed by atoms with Crippen LogP contribution in [0.3, 0.4) is 0 Å². The van der Waals surface area contributed by atoms with Crippen LogP contribution in [0.4, 0.5) is 4.39 Å². The normalized spacial score (nSPS) is 12.7. The molecule has 0 bridgehead atoms. The molecule has 0 aliphatic rings. The van der Waals surface area contributed by atoms with Crippen LogP contribution in [-0.2, 0) is 18.3 Å². The van der Waals surface area contributed by atoms with Gasteiger partial charge in [0.15, 0.2) is 11.6 Å². The Morgan fingerprint density at radius 1 is 0.933 bits per heavy atom. The first-order valence-electron chi connectivity index (χ1n) is 10.6. The Balaban J connectivity index is 1.64. The summed E-state index contributed by atoms with van der Waals surface area (Å²) in [5.41, 5.74) is 3.25. The molecule has 0 aliphatic heterocycles. The Labute approximate surface area is 179 Å². The minimum atomic E-state index is -0.358.